The first-order valence-electron chi connectivity index (χ1n) is 7.77. The van der Waals surface area contributed by atoms with Gasteiger partial charge in [0, 0.05) is 37.9 Å². The van der Waals surface area contributed by atoms with E-state index in [1.54, 1.807) is 12.3 Å². The number of nitrogens with one attached hydrogen (secondary N) is 2. The number of hydrogen-bond acceptors (Lipinski definition) is 4. The summed E-state index contributed by atoms with van der Waals surface area (Å²) in [5.74, 6) is 0.351. The second kappa shape index (κ2) is 7.56. The lowest BCUT2D eigenvalue weighted by atomic mass is 10.2. The van der Waals surface area contributed by atoms with E-state index in [9.17, 15) is 9.59 Å². The predicted molar refractivity (Wildman–Crippen MR) is 84.1 cm³/mol. The summed E-state index contributed by atoms with van der Waals surface area (Å²) in [7, 11) is 0. The second-order valence-corrected chi connectivity index (χ2v) is 6.21. The second-order valence-electron chi connectivity index (χ2n) is 6.21. The molecule has 1 amide bonds. The van der Waals surface area contributed by atoms with E-state index < -0.39 is 0 Å². The molecule has 2 heterocycles. The number of carbonyl (C=O) groups excluding carboxylic acids is 2. The molecule has 0 spiro atoms. The molecule has 0 saturated carbocycles. The molecule has 1 aromatic rings. The third-order valence-electron chi connectivity index (χ3n) is 3.67. The average molecular weight is 307 g/mol. The molecule has 1 aliphatic rings. The van der Waals surface area contributed by atoms with E-state index in [1.807, 2.05) is 0 Å². The van der Waals surface area contributed by atoms with Gasteiger partial charge in [-0.1, -0.05) is 13.8 Å². The number of ether oxygens (including phenoxy) is 1. The monoisotopic (exact) mass is 307 g/mol. The molecule has 1 fully saturated rings. The zero-order chi connectivity index (χ0) is 16.1. The van der Waals surface area contributed by atoms with Crippen LogP contribution in [0.15, 0.2) is 12.3 Å². The van der Waals surface area contributed by atoms with Crippen molar-refractivity contribution in [3.8, 4) is 0 Å². The number of Topliss-reactive ketones (excluding diaryl/α,β-unsaturated/α-hetero) is 1. The highest BCUT2D eigenvalue weighted by atomic mass is 16.5. The molecule has 0 aromatic carbocycles. The Labute approximate surface area is 131 Å². The van der Waals surface area contributed by atoms with Gasteiger partial charge in [0.2, 0.25) is 0 Å². The summed E-state index contributed by atoms with van der Waals surface area (Å²) in [6.45, 7) is 9.87. The van der Waals surface area contributed by atoms with Crippen LogP contribution in [0.3, 0.4) is 0 Å². The maximum absolute atomic E-state index is 12.1. The van der Waals surface area contributed by atoms with Gasteiger partial charge >= 0.3 is 0 Å². The van der Waals surface area contributed by atoms with Crippen molar-refractivity contribution >= 4 is 11.7 Å². The molecule has 1 atom stereocenters. The van der Waals surface area contributed by atoms with Crippen LogP contribution in [0, 0.1) is 5.92 Å². The summed E-state index contributed by atoms with van der Waals surface area (Å²) in [5.41, 5.74) is 0.919. The average Bonchev–Trinajstić information content (AvgIpc) is 2.94. The molecular formula is C16H25N3O3. The number of morpholine rings is 1. The summed E-state index contributed by atoms with van der Waals surface area (Å²) in [6, 6.07) is 1.57. The minimum absolute atomic E-state index is 0.0127. The molecule has 6 heteroatoms. The van der Waals surface area contributed by atoms with Crippen molar-refractivity contribution in [1.29, 1.82) is 0 Å². The van der Waals surface area contributed by atoms with Gasteiger partial charge in [0.05, 0.1) is 12.7 Å². The van der Waals surface area contributed by atoms with Crippen molar-refractivity contribution in [2.24, 2.45) is 5.92 Å². The quantitative estimate of drug-likeness (QED) is 0.777. The fraction of sp³-hybridized carbons (Fsp3) is 0.625. The Balaban J connectivity index is 1.81. The standard InChI is InChI=1S/C16H25N3O3/c1-11(2)9-19-4-5-22-14(10-19)8-18-16(21)15-6-13(7-17-15)12(3)20/h6-7,11,14,17H,4-5,8-10H2,1-3H3,(H,18,21). The van der Waals surface area contributed by atoms with E-state index in [0.29, 0.717) is 30.3 Å². The van der Waals surface area contributed by atoms with Crippen LogP contribution in [-0.2, 0) is 4.74 Å². The summed E-state index contributed by atoms with van der Waals surface area (Å²) >= 11 is 0. The highest BCUT2D eigenvalue weighted by Gasteiger charge is 2.21. The Kier molecular flexibility index (Phi) is 5.74. The fourth-order valence-electron chi connectivity index (χ4n) is 2.62. The summed E-state index contributed by atoms with van der Waals surface area (Å²) in [6.07, 6.45) is 1.57. The third-order valence-corrected chi connectivity index (χ3v) is 3.67. The molecule has 2 rings (SSSR count). The molecule has 22 heavy (non-hydrogen) atoms. The Morgan fingerprint density at radius 2 is 2.27 bits per heavy atom. The molecule has 1 aliphatic heterocycles. The lowest BCUT2D eigenvalue weighted by Gasteiger charge is -2.33. The summed E-state index contributed by atoms with van der Waals surface area (Å²) < 4.78 is 5.70. The number of ketones is 1. The Morgan fingerprint density at radius 3 is 2.91 bits per heavy atom. The molecule has 1 unspecified atom stereocenters. The van der Waals surface area contributed by atoms with Gasteiger partial charge in [-0.2, -0.15) is 0 Å². The Morgan fingerprint density at radius 1 is 1.50 bits per heavy atom. The first kappa shape index (κ1) is 16.7. The topological polar surface area (TPSA) is 74.4 Å². The van der Waals surface area contributed by atoms with Gasteiger partial charge in [-0.25, -0.2) is 0 Å². The summed E-state index contributed by atoms with van der Waals surface area (Å²) in [4.78, 5) is 28.5. The zero-order valence-corrected chi connectivity index (χ0v) is 13.5. The van der Waals surface area contributed by atoms with Gasteiger partial charge in [-0.05, 0) is 18.9 Å². The highest BCUT2D eigenvalue weighted by molar-refractivity contribution is 5.99. The molecule has 122 valence electrons. The minimum Gasteiger partial charge on any atom is -0.374 e. The van der Waals surface area contributed by atoms with Gasteiger partial charge in [0.1, 0.15) is 5.69 Å². The maximum atomic E-state index is 12.1. The van der Waals surface area contributed by atoms with Crippen LogP contribution in [0.5, 0.6) is 0 Å². The van der Waals surface area contributed by atoms with Crippen LogP contribution < -0.4 is 5.32 Å². The Bertz CT molecular complexity index is 524. The van der Waals surface area contributed by atoms with Gasteiger partial charge < -0.3 is 15.0 Å². The number of aromatic nitrogens is 1. The smallest absolute Gasteiger partial charge is 0.267 e. The molecule has 0 bridgehead atoms. The lowest BCUT2D eigenvalue weighted by Crippen LogP contribution is -2.48. The van der Waals surface area contributed by atoms with Crippen molar-refractivity contribution in [3.63, 3.8) is 0 Å². The van der Waals surface area contributed by atoms with E-state index in [1.165, 1.54) is 6.92 Å². The van der Waals surface area contributed by atoms with E-state index in [2.05, 4.69) is 29.0 Å². The van der Waals surface area contributed by atoms with Crippen LogP contribution in [0.1, 0.15) is 41.6 Å². The number of hydrogen-bond donors (Lipinski definition) is 2. The number of carbonyl (C=O) groups is 2. The molecule has 6 nitrogen and oxygen atoms in total. The number of H-pyrrole nitrogens is 1. The molecule has 1 saturated heterocycles. The number of rotatable bonds is 6. The number of aromatic amines is 1. The fourth-order valence-corrected chi connectivity index (χ4v) is 2.62. The van der Waals surface area contributed by atoms with Gasteiger partial charge in [-0.3, -0.25) is 14.5 Å². The van der Waals surface area contributed by atoms with Crippen LogP contribution in [0.4, 0.5) is 0 Å². The van der Waals surface area contributed by atoms with E-state index >= 15 is 0 Å². The van der Waals surface area contributed by atoms with E-state index in [0.717, 1.165) is 19.6 Å². The lowest BCUT2D eigenvalue weighted by molar-refractivity contribution is -0.0295. The van der Waals surface area contributed by atoms with Crippen LogP contribution in [-0.4, -0.2) is 60.5 Å². The normalized spacial score (nSPS) is 19.4. The van der Waals surface area contributed by atoms with E-state index in [4.69, 9.17) is 4.74 Å². The van der Waals surface area contributed by atoms with Gasteiger partial charge in [0.15, 0.2) is 5.78 Å². The first-order valence-corrected chi connectivity index (χ1v) is 7.77. The van der Waals surface area contributed by atoms with E-state index in [-0.39, 0.29) is 17.8 Å². The van der Waals surface area contributed by atoms with Crippen molar-refractivity contribution in [2.75, 3.05) is 32.8 Å². The number of nitrogens with zero attached hydrogens (tertiary/aromatic N) is 1. The molecule has 1 aromatic heterocycles. The van der Waals surface area contributed by atoms with Crippen LogP contribution in [0.2, 0.25) is 0 Å². The third kappa shape index (κ3) is 4.68. The summed E-state index contributed by atoms with van der Waals surface area (Å²) in [5, 5.41) is 2.86. The molecular weight excluding hydrogens is 282 g/mol. The van der Waals surface area contributed by atoms with Crippen molar-refractivity contribution in [2.45, 2.75) is 26.9 Å². The van der Waals surface area contributed by atoms with Crippen LogP contribution in [0.25, 0.3) is 0 Å². The molecule has 2 N–H and O–H groups in total. The zero-order valence-electron chi connectivity index (χ0n) is 13.5. The molecule has 0 aliphatic carbocycles. The molecule has 0 radical (unpaired) electrons. The largest absolute Gasteiger partial charge is 0.374 e. The maximum Gasteiger partial charge on any atom is 0.267 e. The number of amides is 1. The van der Waals surface area contributed by atoms with Crippen molar-refractivity contribution in [1.82, 2.24) is 15.2 Å². The van der Waals surface area contributed by atoms with Crippen molar-refractivity contribution in [3.05, 3.63) is 23.5 Å². The first-order chi connectivity index (χ1) is 10.5. The predicted octanol–water partition coefficient (Wildman–Crippen LogP) is 1.30. The van der Waals surface area contributed by atoms with Crippen LogP contribution >= 0.6 is 0 Å². The van der Waals surface area contributed by atoms with Gasteiger partial charge in [-0.15, -0.1) is 0 Å². The van der Waals surface area contributed by atoms with Crippen molar-refractivity contribution < 1.29 is 14.3 Å². The minimum atomic E-state index is -0.211. The Hall–Kier alpha value is -1.66. The highest BCUT2D eigenvalue weighted by Crippen LogP contribution is 2.08. The van der Waals surface area contributed by atoms with Gasteiger partial charge in [0.25, 0.3) is 5.91 Å². The SMILES string of the molecule is CC(=O)c1c[nH]c(C(=O)NCC2CN(CC(C)C)CCO2)c1.